The molecule has 1 aromatic heterocycles. The van der Waals surface area contributed by atoms with Gasteiger partial charge in [0.05, 0.1) is 36.1 Å². The molecule has 1 aliphatic heterocycles. The number of hydrogen-bond donors (Lipinski definition) is 0. The van der Waals surface area contributed by atoms with E-state index < -0.39 is 18.0 Å². The monoisotopic (exact) mass is 534 g/mol. The fourth-order valence-electron chi connectivity index (χ4n) is 4.07. The van der Waals surface area contributed by atoms with Crippen LogP contribution in [-0.2, 0) is 14.3 Å². The molecule has 2 aromatic carbocycles. The van der Waals surface area contributed by atoms with Crippen molar-refractivity contribution in [2.24, 2.45) is 4.99 Å². The van der Waals surface area contributed by atoms with E-state index >= 15 is 0 Å². The number of carbonyl (C=O) groups excluding carboxylic acids is 2. The standard InChI is InChI=1S/C28H26N2O7S/c1-6-13-36-27(33)24-16(2)29-28-30(25(24)18-7-10-20(11-8-18)37-17(3)31)26(32)23(38-28)14-19-9-12-21(34-4)15-22(19)35-5/h6-12,14-15,25H,1,13H2,2-5H3/b23-14-/t25-/m1/s1. The molecule has 38 heavy (non-hydrogen) atoms. The summed E-state index contributed by atoms with van der Waals surface area (Å²) in [5, 5.41) is 0. The summed E-state index contributed by atoms with van der Waals surface area (Å²) in [5.41, 5.74) is 1.64. The molecule has 0 fully saturated rings. The van der Waals surface area contributed by atoms with Gasteiger partial charge < -0.3 is 18.9 Å². The van der Waals surface area contributed by atoms with E-state index in [1.165, 1.54) is 36.0 Å². The van der Waals surface area contributed by atoms with Gasteiger partial charge in [-0.15, -0.1) is 0 Å². The minimum absolute atomic E-state index is 0.00933. The molecule has 0 radical (unpaired) electrons. The van der Waals surface area contributed by atoms with Crippen LogP contribution in [0, 0.1) is 0 Å². The second-order valence-electron chi connectivity index (χ2n) is 8.24. The minimum Gasteiger partial charge on any atom is -0.497 e. The Morgan fingerprint density at radius 3 is 2.45 bits per heavy atom. The van der Waals surface area contributed by atoms with E-state index in [4.69, 9.17) is 18.9 Å². The fourth-order valence-corrected chi connectivity index (χ4v) is 5.11. The smallest absolute Gasteiger partial charge is 0.338 e. The molecule has 0 unspecified atom stereocenters. The summed E-state index contributed by atoms with van der Waals surface area (Å²) in [6, 6.07) is 11.1. The lowest BCUT2D eigenvalue weighted by Gasteiger charge is -2.24. The van der Waals surface area contributed by atoms with Crippen LogP contribution in [0.5, 0.6) is 17.2 Å². The Balaban J connectivity index is 1.90. The number of rotatable bonds is 8. The van der Waals surface area contributed by atoms with Crippen LogP contribution >= 0.6 is 11.3 Å². The van der Waals surface area contributed by atoms with Crippen LogP contribution in [0.2, 0.25) is 0 Å². The Morgan fingerprint density at radius 2 is 1.82 bits per heavy atom. The summed E-state index contributed by atoms with van der Waals surface area (Å²) >= 11 is 1.20. The minimum atomic E-state index is -0.810. The van der Waals surface area contributed by atoms with E-state index in [-0.39, 0.29) is 17.7 Å². The Kier molecular flexibility index (Phi) is 7.92. The lowest BCUT2D eigenvalue weighted by Crippen LogP contribution is -2.39. The predicted molar refractivity (Wildman–Crippen MR) is 142 cm³/mol. The van der Waals surface area contributed by atoms with Gasteiger partial charge in [0.1, 0.15) is 23.9 Å². The molecule has 0 saturated heterocycles. The van der Waals surface area contributed by atoms with Gasteiger partial charge in [0.2, 0.25) is 0 Å². The van der Waals surface area contributed by atoms with Crippen LogP contribution in [0.1, 0.15) is 31.0 Å². The number of ether oxygens (including phenoxy) is 4. The van der Waals surface area contributed by atoms with E-state index in [9.17, 15) is 14.4 Å². The summed E-state index contributed by atoms with van der Waals surface area (Å²) < 4.78 is 23.1. The van der Waals surface area contributed by atoms with Crippen LogP contribution < -0.4 is 29.1 Å². The molecule has 0 spiro atoms. The third-order valence-electron chi connectivity index (χ3n) is 5.76. The Labute approximate surface area is 222 Å². The zero-order chi connectivity index (χ0) is 27.4. The highest BCUT2D eigenvalue weighted by atomic mass is 32.1. The van der Waals surface area contributed by atoms with Gasteiger partial charge in [-0.3, -0.25) is 14.2 Å². The van der Waals surface area contributed by atoms with E-state index in [0.717, 1.165) is 0 Å². The van der Waals surface area contributed by atoms with Gasteiger partial charge in [0.25, 0.3) is 5.56 Å². The number of aromatic nitrogens is 1. The molecule has 0 aliphatic carbocycles. The highest BCUT2D eigenvalue weighted by Crippen LogP contribution is 2.32. The number of fused-ring (bicyclic) bond motifs is 1. The largest absolute Gasteiger partial charge is 0.497 e. The van der Waals surface area contributed by atoms with Crippen molar-refractivity contribution in [2.75, 3.05) is 20.8 Å². The van der Waals surface area contributed by atoms with E-state index in [1.54, 1.807) is 62.6 Å². The molecule has 2 heterocycles. The first kappa shape index (κ1) is 26.6. The number of benzene rings is 2. The van der Waals surface area contributed by atoms with Gasteiger partial charge in [0.15, 0.2) is 4.80 Å². The van der Waals surface area contributed by atoms with Gasteiger partial charge in [-0.25, -0.2) is 9.79 Å². The number of esters is 2. The molecule has 10 heteroatoms. The molecule has 0 saturated carbocycles. The average molecular weight is 535 g/mol. The Hall–Kier alpha value is -4.44. The van der Waals surface area contributed by atoms with Crippen LogP contribution in [0.3, 0.4) is 0 Å². The van der Waals surface area contributed by atoms with Crippen LogP contribution in [-0.4, -0.2) is 37.3 Å². The van der Waals surface area contributed by atoms with E-state index in [0.29, 0.717) is 43.4 Å². The maximum absolute atomic E-state index is 13.8. The SMILES string of the molecule is C=CCOC(=O)C1=C(C)N=c2s/c(=C\c3ccc(OC)cc3OC)c(=O)n2[C@@H]1c1ccc(OC(C)=O)cc1. The van der Waals surface area contributed by atoms with Crippen LogP contribution in [0.15, 0.2) is 76.2 Å². The molecule has 0 N–H and O–H groups in total. The van der Waals surface area contributed by atoms with Crippen molar-refractivity contribution in [2.45, 2.75) is 19.9 Å². The maximum Gasteiger partial charge on any atom is 0.338 e. The summed E-state index contributed by atoms with van der Waals surface area (Å²) in [4.78, 5) is 43.3. The van der Waals surface area contributed by atoms with Crippen molar-refractivity contribution in [3.05, 3.63) is 97.2 Å². The molecule has 1 atom stereocenters. The average Bonchev–Trinajstić information content (AvgIpc) is 3.20. The lowest BCUT2D eigenvalue weighted by atomic mass is 9.96. The molecule has 0 amide bonds. The first-order chi connectivity index (χ1) is 18.3. The highest BCUT2D eigenvalue weighted by molar-refractivity contribution is 7.07. The number of allylic oxidation sites excluding steroid dienone is 1. The first-order valence-corrected chi connectivity index (χ1v) is 12.4. The zero-order valence-corrected chi connectivity index (χ0v) is 22.2. The van der Waals surface area contributed by atoms with Gasteiger partial charge in [-0.2, -0.15) is 0 Å². The Bertz CT molecular complexity index is 1610. The number of thiazole rings is 1. The van der Waals surface area contributed by atoms with Crippen LogP contribution in [0.4, 0.5) is 0 Å². The first-order valence-electron chi connectivity index (χ1n) is 11.6. The predicted octanol–water partition coefficient (Wildman–Crippen LogP) is 2.91. The van der Waals surface area contributed by atoms with E-state index in [1.807, 2.05) is 0 Å². The summed E-state index contributed by atoms with van der Waals surface area (Å²) in [5.74, 6) is 0.445. The van der Waals surface area contributed by atoms with E-state index in [2.05, 4.69) is 11.6 Å². The number of nitrogens with zero attached hydrogens (tertiary/aromatic N) is 2. The number of carbonyl (C=O) groups is 2. The van der Waals surface area contributed by atoms with Gasteiger partial charge in [-0.05, 0) is 42.8 Å². The molecule has 1 aliphatic rings. The van der Waals surface area contributed by atoms with Crippen molar-refractivity contribution in [3.63, 3.8) is 0 Å². The zero-order valence-electron chi connectivity index (χ0n) is 21.3. The fraction of sp³-hybridized carbons (Fsp3) is 0.214. The quantitative estimate of drug-likeness (QED) is 0.249. The second-order valence-corrected chi connectivity index (χ2v) is 9.25. The molecule has 3 aromatic rings. The third kappa shape index (κ3) is 5.30. The topological polar surface area (TPSA) is 105 Å². The number of hydrogen-bond acceptors (Lipinski definition) is 9. The van der Waals surface area contributed by atoms with Crippen molar-refractivity contribution >= 4 is 29.4 Å². The van der Waals surface area contributed by atoms with Gasteiger partial charge in [0, 0.05) is 18.6 Å². The van der Waals surface area contributed by atoms with Crippen molar-refractivity contribution in [1.29, 1.82) is 0 Å². The molecule has 0 bridgehead atoms. The summed E-state index contributed by atoms with van der Waals surface area (Å²) in [6.07, 6.45) is 3.19. The lowest BCUT2D eigenvalue weighted by molar-refractivity contribution is -0.138. The summed E-state index contributed by atoms with van der Waals surface area (Å²) in [6.45, 7) is 6.61. The molecular formula is C28H26N2O7S. The molecular weight excluding hydrogens is 508 g/mol. The Morgan fingerprint density at radius 1 is 1.11 bits per heavy atom. The molecule has 4 rings (SSSR count). The number of methoxy groups -OCH3 is 2. The maximum atomic E-state index is 13.8. The van der Waals surface area contributed by atoms with Crippen molar-refractivity contribution < 1.29 is 28.5 Å². The highest BCUT2D eigenvalue weighted by Gasteiger charge is 2.33. The summed E-state index contributed by atoms with van der Waals surface area (Å²) in [7, 11) is 3.10. The molecule has 196 valence electrons. The second kappa shape index (κ2) is 11.3. The van der Waals surface area contributed by atoms with Crippen LogP contribution in [0.25, 0.3) is 6.08 Å². The third-order valence-corrected chi connectivity index (χ3v) is 6.74. The van der Waals surface area contributed by atoms with Gasteiger partial charge in [-0.1, -0.05) is 36.1 Å². The van der Waals surface area contributed by atoms with Gasteiger partial charge >= 0.3 is 11.9 Å². The molecule has 9 nitrogen and oxygen atoms in total. The normalized spacial score (nSPS) is 14.8. The van der Waals surface area contributed by atoms with Crippen molar-refractivity contribution in [3.8, 4) is 17.2 Å². The van der Waals surface area contributed by atoms with Crippen molar-refractivity contribution in [1.82, 2.24) is 4.57 Å².